The summed E-state index contributed by atoms with van der Waals surface area (Å²) in [5.74, 6) is 0.947. The third-order valence-electron chi connectivity index (χ3n) is 10.3. The zero-order valence-corrected chi connectivity index (χ0v) is 26.9. The number of aromatic nitrogens is 2. The van der Waals surface area contributed by atoms with Crippen LogP contribution in [-0.2, 0) is 0 Å². The third kappa shape index (κ3) is 3.97. The standard InChI is InChI=1S/C40H36N2OSi/c1-25(2)44(5,26(3)4)30-17-18-35-29(22-30)16-21-40(41-35)42-36-12-8-6-10-31(36)33-23-27(14-19-37(33)42)28-15-20-39-34(24-28)32-11-7-9-13-38(32)43-39/h6-26H,1-5H3. The zero-order chi connectivity index (χ0) is 30.2. The molecule has 0 spiro atoms. The van der Waals surface area contributed by atoms with Crippen LogP contribution in [0.3, 0.4) is 0 Å². The predicted molar refractivity (Wildman–Crippen MR) is 190 cm³/mol. The number of furan rings is 1. The molecule has 0 radical (unpaired) electrons. The maximum atomic E-state index is 6.09. The summed E-state index contributed by atoms with van der Waals surface area (Å²) in [7, 11) is -1.63. The highest BCUT2D eigenvalue weighted by molar-refractivity contribution is 6.93. The van der Waals surface area contributed by atoms with Crippen LogP contribution >= 0.6 is 0 Å². The van der Waals surface area contributed by atoms with Crippen LogP contribution in [0.15, 0.2) is 120 Å². The van der Waals surface area contributed by atoms with Crippen LogP contribution in [0.2, 0.25) is 17.6 Å². The summed E-state index contributed by atoms with van der Waals surface area (Å²) in [6.45, 7) is 12.1. The van der Waals surface area contributed by atoms with Gasteiger partial charge in [-0.05, 0) is 76.8 Å². The first-order valence-corrected chi connectivity index (χ1v) is 18.3. The monoisotopic (exact) mass is 588 g/mol. The molecule has 0 aliphatic carbocycles. The molecule has 5 aromatic carbocycles. The van der Waals surface area contributed by atoms with Gasteiger partial charge in [-0.1, -0.05) is 100 Å². The van der Waals surface area contributed by atoms with E-state index in [9.17, 15) is 0 Å². The predicted octanol–water partition coefficient (Wildman–Crippen LogP) is 11.0. The van der Waals surface area contributed by atoms with Gasteiger partial charge in [-0.25, -0.2) is 4.98 Å². The summed E-state index contributed by atoms with van der Waals surface area (Å²) in [4.78, 5) is 5.24. The second-order valence-electron chi connectivity index (χ2n) is 13.1. The first-order valence-electron chi connectivity index (χ1n) is 15.7. The average molecular weight is 589 g/mol. The molecule has 0 aliphatic heterocycles. The SMILES string of the molecule is CC(C)[Si](C)(c1ccc2nc(-n3c4ccccc4c4cc(-c5ccc6oc7ccccc7c6c5)ccc43)ccc2c1)C(C)C. The zero-order valence-electron chi connectivity index (χ0n) is 25.9. The van der Waals surface area contributed by atoms with E-state index >= 15 is 0 Å². The average Bonchev–Trinajstić information content (AvgIpc) is 3.58. The Labute approximate surface area is 258 Å². The Morgan fingerprint density at radius 2 is 1.25 bits per heavy atom. The number of hydrogen-bond donors (Lipinski definition) is 0. The van der Waals surface area contributed by atoms with Crippen molar-refractivity contribution in [1.29, 1.82) is 0 Å². The molecule has 0 fully saturated rings. The molecule has 3 nitrogen and oxygen atoms in total. The minimum atomic E-state index is -1.63. The van der Waals surface area contributed by atoms with Gasteiger partial charge in [-0.15, -0.1) is 0 Å². The minimum absolute atomic E-state index is 0.677. The number of nitrogens with zero attached hydrogens (tertiary/aromatic N) is 2. The van der Waals surface area contributed by atoms with Crippen molar-refractivity contribution in [2.45, 2.75) is 45.3 Å². The molecule has 3 heterocycles. The summed E-state index contributed by atoms with van der Waals surface area (Å²) < 4.78 is 8.40. The van der Waals surface area contributed by atoms with Gasteiger partial charge in [-0.3, -0.25) is 4.57 Å². The lowest BCUT2D eigenvalue weighted by atomic mass is 10.0. The second kappa shape index (κ2) is 9.93. The van der Waals surface area contributed by atoms with E-state index in [1.807, 2.05) is 12.1 Å². The molecule has 0 aliphatic rings. The van der Waals surface area contributed by atoms with Crippen molar-refractivity contribution in [3.8, 4) is 16.9 Å². The van der Waals surface area contributed by atoms with Crippen molar-refractivity contribution in [1.82, 2.24) is 9.55 Å². The molecule has 8 aromatic rings. The van der Waals surface area contributed by atoms with E-state index in [0.29, 0.717) is 11.1 Å². The highest BCUT2D eigenvalue weighted by Gasteiger charge is 2.36. The van der Waals surface area contributed by atoms with Gasteiger partial charge in [-0.2, -0.15) is 0 Å². The molecule has 0 amide bonds. The molecular weight excluding hydrogens is 553 g/mol. The Balaban J connectivity index is 1.27. The lowest BCUT2D eigenvalue weighted by Crippen LogP contribution is -2.50. The van der Waals surface area contributed by atoms with Gasteiger partial charge in [0.2, 0.25) is 0 Å². The molecule has 0 N–H and O–H groups in total. The van der Waals surface area contributed by atoms with E-state index in [0.717, 1.165) is 38.8 Å². The van der Waals surface area contributed by atoms with Crippen LogP contribution in [-0.4, -0.2) is 17.6 Å². The van der Waals surface area contributed by atoms with Crippen molar-refractivity contribution in [2.75, 3.05) is 0 Å². The summed E-state index contributed by atoms with van der Waals surface area (Å²) in [5.41, 5.74) is 8.93. The van der Waals surface area contributed by atoms with E-state index in [1.165, 1.54) is 38.0 Å². The second-order valence-corrected chi connectivity index (χ2v) is 18.5. The van der Waals surface area contributed by atoms with Gasteiger partial charge in [0.15, 0.2) is 0 Å². The summed E-state index contributed by atoms with van der Waals surface area (Å²) in [5, 5.41) is 7.49. The molecule has 44 heavy (non-hydrogen) atoms. The van der Waals surface area contributed by atoms with Crippen LogP contribution < -0.4 is 5.19 Å². The summed E-state index contributed by atoms with van der Waals surface area (Å²) in [6, 6.07) is 41.7. The summed E-state index contributed by atoms with van der Waals surface area (Å²) >= 11 is 0. The number of pyridine rings is 1. The number of benzene rings is 5. The molecule has 0 bridgehead atoms. The lowest BCUT2D eigenvalue weighted by Gasteiger charge is -2.36. The van der Waals surface area contributed by atoms with E-state index in [1.54, 1.807) is 0 Å². The van der Waals surface area contributed by atoms with Gasteiger partial charge in [0.05, 0.1) is 24.6 Å². The molecule has 4 heteroatoms. The van der Waals surface area contributed by atoms with Crippen molar-refractivity contribution < 1.29 is 4.42 Å². The smallest absolute Gasteiger partial charge is 0.138 e. The molecule has 3 aromatic heterocycles. The highest BCUT2D eigenvalue weighted by atomic mass is 28.3. The maximum Gasteiger partial charge on any atom is 0.138 e. The van der Waals surface area contributed by atoms with Crippen molar-refractivity contribution in [3.63, 3.8) is 0 Å². The van der Waals surface area contributed by atoms with Crippen LogP contribution in [0.5, 0.6) is 0 Å². The Morgan fingerprint density at radius 3 is 2.05 bits per heavy atom. The normalized spacial score (nSPS) is 12.6. The number of hydrogen-bond acceptors (Lipinski definition) is 2. The van der Waals surface area contributed by atoms with Crippen LogP contribution in [0.25, 0.3) is 71.6 Å². The number of rotatable bonds is 5. The van der Waals surface area contributed by atoms with Crippen LogP contribution in [0.1, 0.15) is 27.7 Å². The molecule has 0 saturated carbocycles. The Hall–Kier alpha value is -4.67. The fourth-order valence-corrected chi connectivity index (χ4v) is 10.8. The van der Waals surface area contributed by atoms with Gasteiger partial charge in [0, 0.05) is 26.9 Å². The van der Waals surface area contributed by atoms with Gasteiger partial charge < -0.3 is 4.42 Å². The van der Waals surface area contributed by atoms with Crippen molar-refractivity contribution in [2.24, 2.45) is 0 Å². The third-order valence-corrected chi connectivity index (χ3v) is 16.7. The fraction of sp³-hybridized carbons (Fsp3) is 0.175. The van der Waals surface area contributed by atoms with E-state index < -0.39 is 8.07 Å². The quantitative estimate of drug-likeness (QED) is 0.187. The molecular formula is C40H36N2OSi. The Kier molecular flexibility index (Phi) is 6.08. The Bertz CT molecular complexity index is 2370. The highest BCUT2D eigenvalue weighted by Crippen LogP contribution is 2.37. The number of para-hydroxylation sites is 2. The largest absolute Gasteiger partial charge is 0.456 e. The molecule has 0 atom stereocenters. The van der Waals surface area contributed by atoms with E-state index in [2.05, 4.69) is 142 Å². The van der Waals surface area contributed by atoms with E-state index in [-0.39, 0.29) is 0 Å². The van der Waals surface area contributed by atoms with Crippen LogP contribution in [0.4, 0.5) is 0 Å². The molecule has 0 saturated heterocycles. The molecule has 8 rings (SSSR count). The topological polar surface area (TPSA) is 31.0 Å². The number of fused-ring (bicyclic) bond motifs is 7. The molecule has 216 valence electrons. The first-order chi connectivity index (χ1) is 21.3. The molecule has 0 unspecified atom stereocenters. The van der Waals surface area contributed by atoms with Gasteiger partial charge in [0.1, 0.15) is 17.0 Å². The van der Waals surface area contributed by atoms with Gasteiger partial charge in [0.25, 0.3) is 0 Å². The maximum absolute atomic E-state index is 6.09. The summed E-state index contributed by atoms with van der Waals surface area (Å²) in [6.07, 6.45) is 0. The minimum Gasteiger partial charge on any atom is -0.456 e. The van der Waals surface area contributed by atoms with Gasteiger partial charge >= 0.3 is 0 Å². The van der Waals surface area contributed by atoms with E-state index in [4.69, 9.17) is 9.40 Å². The lowest BCUT2D eigenvalue weighted by molar-refractivity contribution is 0.669. The Morgan fingerprint density at radius 1 is 0.591 bits per heavy atom. The fourth-order valence-electron chi connectivity index (χ4n) is 7.21. The van der Waals surface area contributed by atoms with Crippen molar-refractivity contribution >= 4 is 67.9 Å². The van der Waals surface area contributed by atoms with Crippen molar-refractivity contribution in [3.05, 3.63) is 115 Å². The first kappa shape index (κ1) is 26.9. The van der Waals surface area contributed by atoms with Crippen LogP contribution in [0, 0.1) is 0 Å².